The standard InChI is InChI=1S/3C9H13NO2/c3*1-10-6-9(12)7-3-2-4-8(11)5-7/h3*2-5,9-12H,6H2,1H3/t3*9-/m000/s1. The van der Waals surface area contributed by atoms with Gasteiger partial charge in [-0.1, -0.05) is 36.4 Å². The van der Waals surface area contributed by atoms with Gasteiger partial charge in [-0.05, 0) is 74.2 Å². The Morgan fingerprint density at radius 3 is 0.944 bits per heavy atom. The fourth-order valence-corrected chi connectivity index (χ4v) is 3.13. The highest BCUT2D eigenvalue weighted by Gasteiger charge is 2.07. The van der Waals surface area contributed by atoms with E-state index in [-0.39, 0.29) is 17.2 Å². The van der Waals surface area contributed by atoms with Crippen LogP contribution in [0.3, 0.4) is 0 Å². The Labute approximate surface area is 212 Å². The third-order valence-electron chi connectivity index (χ3n) is 4.96. The predicted octanol–water partition coefficient (Wildman–Crippen LogP) is 1.93. The highest BCUT2D eigenvalue weighted by Crippen LogP contribution is 2.18. The Balaban J connectivity index is 0.000000270. The van der Waals surface area contributed by atoms with Crippen molar-refractivity contribution in [2.75, 3.05) is 40.8 Å². The van der Waals surface area contributed by atoms with Crippen molar-refractivity contribution in [2.24, 2.45) is 0 Å². The van der Waals surface area contributed by atoms with Gasteiger partial charge in [0.05, 0.1) is 18.3 Å². The molecule has 9 N–H and O–H groups in total. The molecule has 3 aromatic rings. The molecule has 0 saturated carbocycles. The molecule has 0 aliphatic heterocycles. The lowest BCUT2D eigenvalue weighted by Gasteiger charge is -2.09. The molecule has 0 aliphatic rings. The lowest BCUT2D eigenvalue weighted by atomic mass is 10.1. The van der Waals surface area contributed by atoms with Gasteiger partial charge in [-0.15, -0.1) is 0 Å². The monoisotopic (exact) mass is 501 g/mol. The molecule has 9 heteroatoms. The molecule has 36 heavy (non-hydrogen) atoms. The molecule has 0 radical (unpaired) electrons. The van der Waals surface area contributed by atoms with E-state index in [4.69, 9.17) is 15.3 Å². The molecule has 0 fully saturated rings. The van der Waals surface area contributed by atoms with Crippen molar-refractivity contribution in [3.63, 3.8) is 0 Å². The van der Waals surface area contributed by atoms with Crippen molar-refractivity contribution < 1.29 is 30.6 Å². The number of aliphatic hydroxyl groups excluding tert-OH is 3. The van der Waals surface area contributed by atoms with Gasteiger partial charge in [-0.3, -0.25) is 0 Å². The highest BCUT2D eigenvalue weighted by molar-refractivity contribution is 5.30. The van der Waals surface area contributed by atoms with E-state index in [2.05, 4.69) is 16.0 Å². The minimum atomic E-state index is -0.554. The number of aromatic hydroxyl groups is 3. The van der Waals surface area contributed by atoms with Gasteiger partial charge >= 0.3 is 0 Å². The lowest BCUT2D eigenvalue weighted by molar-refractivity contribution is 0.177. The summed E-state index contributed by atoms with van der Waals surface area (Å²) < 4.78 is 0. The SMILES string of the molecule is CNC[C@H](O)c1cccc(O)c1.CNC[C@H](O)c1cccc(O)c1.CNC[C@H](O)c1cccc(O)c1. The highest BCUT2D eigenvalue weighted by atomic mass is 16.3. The first-order valence-corrected chi connectivity index (χ1v) is 11.6. The van der Waals surface area contributed by atoms with Crippen LogP contribution in [0.25, 0.3) is 0 Å². The number of nitrogens with one attached hydrogen (secondary N) is 3. The summed E-state index contributed by atoms with van der Waals surface area (Å²) in [5, 5.41) is 64.3. The summed E-state index contributed by atoms with van der Waals surface area (Å²) in [5.74, 6) is 0.549. The number of phenols is 3. The maximum atomic E-state index is 9.47. The second-order valence-electron chi connectivity index (χ2n) is 8.01. The minimum absolute atomic E-state index is 0.183. The number of benzene rings is 3. The maximum Gasteiger partial charge on any atom is 0.115 e. The van der Waals surface area contributed by atoms with E-state index in [0.717, 1.165) is 16.7 Å². The van der Waals surface area contributed by atoms with Crippen LogP contribution in [0, 0.1) is 0 Å². The first-order chi connectivity index (χ1) is 17.2. The second-order valence-corrected chi connectivity index (χ2v) is 8.01. The molecule has 3 rings (SSSR count). The Morgan fingerprint density at radius 1 is 0.500 bits per heavy atom. The number of phenolic OH excluding ortho intramolecular Hbond substituents is 3. The lowest BCUT2D eigenvalue weighted by Crippen LogP contribution is -2.16. The van der Waals surface area contributed by atoms with Crippen molar-refractivity contribution in [3.8, 4) is 17.2 Å². The number of hydrogen-bond donors (Lipinski definition) is 9. The van der Waals surface area contributed by atoms with Crippen molar-refractivity contribution in [2.45, 2.75) is 18.3 Å². The Morgan fingerprint density at radius 2 is 0.750 bits per heavy atom. The van der Waals surface area contributed by atoms with Crippen LogP contribution in [0.1, 0.15) is 35.0 Å². The molecule has 0 saturated heterocycles. The molecule has 0 heterocycles. The van der Waals surface area contributed by atoms with Crippen molar-refractivity contribution in [3.05, 3.63) is 89.5 Å². The van der Waals surface area contributed by atoms with E-state index in [1.54, 1.807) is 93.9 Å². The zero-order valence-corrected chi connectivity index (χ0v) is 21.0. The molecule has 0 unspecified atom stereocenters. The summed E-state index contributed by atoms with van der Waals surface area (Å²) in [6, 6.07) is 19.9. The summed E-state index contributed by atoms with van der Waals surface area (Å²) in [5.41, 5.74) is 2.18. The quantitative estimate of drug-likeness (QED) is 0.214. The normalized spacial score (nSPS) is 12.8. The molecule has 9 nitrogen and oxygen atoms in total. The third kappa shape index (κ3) is 12.0. The zero-order chi connectivity index (χ0) is 26.9. The van der Waals surface area contributed by atoms with E-state index in [0.29, 0.717) is 19.6 Å². The zero-order valence-electron chi connectivity index (χ0n) is 21.0. The summed E-state index contributed by atoms with van der Waals surface area (Å²) in [6.07, 6.45) is -1.66. The average Bonchev–Trinajstić information content (AvgIpc) is 2.85. The molecule has 0 aliphatic carbocycles. The van der Waals surface area contributed by atoms with Gasteiger partial charge in [0, 0.05) is 19.6 Å². The number of likely N-dealkylation sites (N-methyl/N-ethyl adjacent to an activating group) is 3. The summed E-state index contributed by atoms with van der Waals surface area (Å²) in [4.78, 5) is 0. The molecule has 3 atom stereocenters. The van der Waals surface area contributed by atoms with Crippen LogP contribution in [0.15, 0.2) is 72.8 Å². The van der Waals surface area contributed by atoms with Gasteiger partial charge in [0.15, 0.2) is 0 Å². The maximum absolute atomic E-state index is 9.47. The first-order valence-electron chi connectivity index (χ1n) is 11.6. The van der Waals surface area contributed by atoms with E-state index in [1.807, 2.05) is 0 Å². The van der Waals surface area contributed by atoms with Gasteiger partial charge < -0.3 is 46.6 Å². The van der Waals surface area contributed by atoms with E-state index < -0.39 is 18.3 Å². The molecule has 0 bridgehead atoms. The van der Waals surface area contributed by atoms with Crippen LogP contribution in [0.5, 0.6) is 17.2 Å². The fourth-order valence-electron chi connectivity index (χ4n) is 3.13. The largest absolute Gasteiger partial charge is 0.508 e. The van der Waals surface area contributed by atoms with E-state index >= 15 is 0 Å². The van der Waals surface area contributed by atoms with Crippen LogP contribution >= 0.6 is 0 Å². The smallest absolute Gasteiger partial charge is 0.115 e. The van der Waals surface area contributed by atoms with Crippen molar-refractivity contribution in [1.29, 1.82) is 0 Å². The van der Waals surface area contributed by atoms with Crippen LogP contribution in [0.2, 0.25) is 0 Å². The van der Waals surface area contributed by atoms with E-state index in [9.17, 15) is 15.3 Å². The minimum Gasteiger partial charge on any atom is -0.508 e. The third-order valence-corrected chi connectivity index (χ3v) is 4.96. The molecule has 3 aromatic carbocycles. The van der Waals surface area contributed by atoms with Gasteiger partial charge in [-0.2, -0.15) is 0 Å². The average molecular weight is 502 g/mol. The first kappa shape index (κ1) is 30.9. The Kier molecular flexibility index (Phi) is 14.8. The molecule has 0 spiro atoms. The molecule has 0 aromatic heterocycles. The van der Waals surface area contributed by atoms with Gasteiger partial charge in [-0.25, -0.2) is 0 Å². The Hall–Kier alpha value is -3.18. The summed E-state index contributed by atoms with van der Waals surface area (Å²) >= 11 is 0. The Bertz CT molecular complexity index is 877. The molecular weight excluding hydrogens is 462 g/mol. The van der Waals surface area contributed by atoms with Crippen molar-refractivity contribution in [1.82, 2.24) is 16.0 Å². The predicted molar refractivity (Wildman–Crippen MR) is 141 cm³/mol. The van der Waals surface area contributed by atoms with Crippen LogP contribution in [-0.4, -0.2) is 71.4 Å². The van der Waals surface area contributed by atoms with Gasteiger partial charge in [0.1, 0.15) is 17.2 Å². The molecular formula is C27H39N3O6. The fraction of sp³-hybridized carbons (Fsp3) is 0.333. The van der Waals surface area contributed by atoms with Crippen LogP contribution in [0.4, 0.5) is 0 Å². The number of aliphatic hydroxyl groups is 3. The summed E-state index contributed by atoms with van der Waals surface area (Å²) in [6.45, 7) is 1.47. The van der Waals surface area contributed by atoms with Gasteiger partial charge in [0.2, 0.25) is 0 Å². The molecule has 198 valence electrons. The number of hydrogen-bond acceptors (Lipinski definition) is 9. The summed E-state index contributed by atoms with van der Waals surface area (Å²) in [7, 11) is 5.31. The van der Waals surface area contributed by atoms with Crippen LogP contribution in [-0.2, 0) is 0 Å². The van der Waals surface area contributed by atoms with Crippen LogP contribution < -0.4 is 16.0 Å². The van der Waals surface area contributed by atoms with Gasteiger partial charge in [0.25, 0.3) is 0 Å². The number of rotatable bonds is 9. The van der Waals surface area contributed by atoms with Crippen molar-refractivity contribution >= 4 is 0 Å². The second kappa shape index (κ2) is 17.3. The topological polar surface area (TPSA) is 157 Å². The van der Waals surface area contributed by atoms with E-state index in [1.165, 1.54) is 0 Å². The molecule has 0 amide bonds.